The van der Waals surface area contributed by atoms with Gasteiger partial charge in [0.05, 0.1) is 17.7 Å². The SMILES string of the molecule is COc1ccc(CC(O)CN)c(Br)c1O. The number of hydrogen-bond acceptors (Lipinski definition) is 4. The van der Waals surface area contributed by atoms with Gasteiger partial charge in [-0.1, -0.05) is 6.07 Å². The van der Waals surface area contributed by atoms with Gasteiger partial charge in [-0.2, -0.15) is 0 Å². The molecule has 4 nitrogen and oxygen atoms in total. The van der Waals surface area contributed by atoms with Crippen LogP contribution in [-0.4, -0.2) is 30.0 Å². The maximum atomic E-state index is 9.68. The van der Waals surface area contributed by atoms with Gasteiger partial charge in [0.15, 0.2) is 11.5 Å². The molecule has 0 aliphatic carbocycles. The number of rotatable bonds is 4. The number of aromatic hydroxyl groups is 1. The average molecular weight is 276 g/mol. The molecule has 4 N–H and O–H groups in total. The van der Waals surface area contributed by atoms with Gasteiger partial charge < -0.3 is 20.7 Å². The average Bonchev–Trinajstić information content (AvgIpc) is 2.25. The number of phenolic OH excluding ortho intramolecular Hbond substituents is 1. The largest absolute Gasteiger partial charge is 0.503 e. The second-order valence-corrected chi connectivity index (χ2v) is 3.98. The molecule has 0 aliphatic heterocycles. The van der Waals surface area contributed by atoms with Gasteiger partial charge in [-0.05, 0) is 27.6 Å². The standard InChI is InChI=1S/C10H14BrNO3/c1-15-8-3-2-6(4-7(13)5-12)9(11)10(8)14/h2-3,7,13-14H,4-5,12H2,1H3. The molecule has 0 bridgehead atoms. The lowest BCUT2D eigenvalue weighted by molar-refractivity contribution is 0.183. The van der Waals surface area contributed by atoms with Crippen LogP contribution in [0.15, 0.2) is 16.6 Å². The number of ether oxygens (including phenoxy) is 1. The quantitative estimate of drug-likeness (QED) is 0.767. The summed E-state index contributed by atoms with van der Waals surface area (Å²) in [6.45, 7) is 0.194. The third kappa shape index (κ3) is 2.84. The highest BCUT2D eigenvalue weighted by atomic mass is 79.9. The summed E-state index contributed by atoms with van der Waals surface area (Å²) in [5.74, 6) is 0.437. The highest BCUT2D eigenvalue weighted by Gasteiger charge is 2.13. The van der Waals surface area contributed by atoms with E-state index in [1.165, 1.54) is 7.11 Å². The van der Waals surface area contributed by atoms with Crippen molar-refractivity contribution in [2.75, 3.05) is 13.7 Å². The van der Waals surface area contributed by atoms with E-state index in [1.54, 1.807) is 12.1 Å². The Kier molecular flexibility index (Phi) is 4.38. The van der Waals surface area contributed by atoms with Crippen molar-refractivity contribution in [3.63, 3.8) is 0 Å². The fourth-order valence-electron chi connectivity index (χ4n) is 1.25. The van der Waals surface area contributed by atoms with Crippen molar-refractivity contribution >= 4 is 15.9 Å². The zero-order chi connectivity index (χ0) is 11.4. The molecular formula is C10H14BrNO3. The molecule has 0 saturated carbocycles. The van der Waals surface area contributed by atoms with Crippen molar-refractivity contribution in [3.05, 3.63) is 22.2 Å². The Morgan fingerprint density at radius 2 is 2.20 bits per heavy atom. The molecule has 1 atom stereocenters. The van der Waals surface area contributed by atoms with E-state index in [-0.39, 0.29) is 12.3 Å². The molecule has 0 heterocycles. The van der Waals surface area contributed by atoms with Crippen molar-refractivity contribution in [1.29, 1.82) is 0 Å². The minimum atomic E-state index is -0.603. The van der Waals surface area contributed by atoms with Crippen LogP contribution < -0.4 is 10.5 Å². The molecule has 84 valence electrons. The fraction of sp³-hybridized carbons (Fsp3) is 0.400. The lowest BCUT2D eigenvalue weighted by atomic mass is 10.1. The molecule has 1 aromatic rings. The van der Waals surface area contributed by atoms with Crippen LogP contribution in [0.25, 0.3) is 0 Å². The number of aliphatic hydroxyl groups is 1. The summed E-state index contributed by atoms with van der Waals surface area (Å²) >= 11 is 3.25. The Bertz CT molecular complexity index is 344. The van der Waals surface area contributed by atoms with Crippen LogP contribution in [0.5, 0.6) is 11.5 Å². The third-order valence-electron chi connectivity index (χ3n) is 2.11. The Hall–Kier alpha value is -0.780. The van der Waals surface area contributed by atoms with Crippen molar-refractivity contribution in [3.8, 4) is 11.5 Å². The van der Waals surface area contributed by atoms with E-state index in [0.717, 1.165) is 5.56 Å². The summed E-state index contributed by atoms with van der Waals surface area (Å²) in [5.41, 5.74) is 6.11. The lowest BCUT2D eigenvalue weighted by Crippen LogP contribution is -2.22. The molecule has 0 radical (unpaired) electrons. The van der Waals surface area contributed by atoms with Crippen molar-refractivity contribution in [1.82, 2.24) is 0 Å². The van der Waals surface area contributed by atoms with Gasteiger partial charge >= 0.3 is 0 Å². The number of methoxy groups -OCH3 is 1. The Morgan fingerprint density at radius 1 is 1.53 bits per heavy atom. The predicted octanol–water partition coefficient (Wildman–Crippen LogP) is 1.03. The van der Waals surface area contributed by atoms with Crippen LogP contribution in [0.3, 0.4) is 0 Å². The van der Waals surface area contributed by atoms with Crippen molar-refractivity contribution in [2.24, 2.45) is 5.73 Å². The zero-order valence-corrected chi connectivity index (χ0v) is 9.99. The molecular weight excluding hydrogens is 262 g/mol. The first kappa shape index (κ1) is 12.3. The van der Waals surface area contributed by atoms with Gasteiger partial charge in [0.25, 0.3) is 0 Å². The molecule has 1 aromatic carbocycles. The zero-order valence-electron chi connectivity index (χ0n) is 8.40. The number of halogens is 1. The number of nitrogens with two attached hydrogens (primary N) is 1. The first-order valence-corrected chi connectivity index (χ1v) is 5.32. The van der Waals surface area contributed by atoms with Gasteiger partial charge in [0.1, 0.15) is 0 Å². The van der Waals surface area contributed by atoms with E-state index in [0.29, 0.717) is 16.6 Å². The Labute approximate surface area is 96.8 Å². The molecule has 0 spiro atoms. The first-order chi connectivity index (χ1) is 7.10. The Balaban J connectivity index is 2.96. The summed E-state index contributed by atoms with van der Waals surface area (Å²) < 4.78 is 5.48. The Morgan fingerprint density at radius 3 is 2.73 bits per heavy atom. The van der Waals surface area contributed by atoms with E-state index in [9.17, 15) is 10.2 Å². The molecule has 15 heavy (non-hydrogen) atoms. The first-order valence-electron chi connectivity index (χ1n) is 4.52. The van der Waals surface area contributed by atoms with Crippen LogP contribution >= 0.6 is 15.9 Å². The fourth-order valence-corrected chi connectivity index (χ4v) is 1.74. The van der Waals surface area contributed by atoms with E-state index in [2.05, 4.69) is 15.9 Å². The second kappa shape index (κ2) is 5.34. The topological polar surface area (TPSA) is 75.7 Å². The molecule has 5 heteroatoms. The minimum absolute atomic E-state index is 0.0409. The predicted molar refractivity (Wildman–Crippen MR) is 61.1 cm³/mol. The number of hydrogen-bond donors (Lipinski definition) is 3. The summed E-state index contributed by atoms with van der Waals surface area (Å²) in [7, 11) is 1.48. The number of phenols is 1. The van der Waals surface area contributed by atoms with Crippen LogP contribution in [-0.2, 0) is 6.42 Å². The van der Waals surface area contributed by atoms with Gasteiger partial charge in [0.2, 0.25) is 0 Å². The van der Waals surface area contributed by atoms with Crippen LogP contribution in [0.1, 0.15) is 5.56 Å². The highest BCUT2D eigenvalue weighted by Crippen LogP contribution is 2.36. The minimum Gasteiger partial charge on any atom is -0.503 e. The normalized spacial score (nSPS) is 12.5. The van der Waals surface area contributed by atoms with Crippen molar-refractivity contribution < 1.29 is 14.9 Å². The van der Waals surface area contributed by atoms with Crippen LogP contribution in [0.2, 0.25) is 0 Å². The molecule has 1 unspecified atom stereocenters. The van der Waals surface area contributed by atoms with Gasteiger partial charge in [0, 0.05) is 13.0 Å². The summed E-state index contributed by atoms with van der Waals surface area (Å²) in [4.78, 5) is 0. The molecule has 0 saturated heterocycles. The molecule has 0 aliphatic rings. The highest BCUT2D eigenvalue weighted by molar-refractivity contribution is 9.10. The third-order valence-corrected chi connectivity index (χ3v) is 2.99. The van der Waals surface area contributed by atoms with E-state index >= 15 is 0 Å². The van der Waals surface area contributed by atoms with E-state index in [1.807, 2.05) is 0 Å². The van der Waals surface area contributed by atoms with Gasteiger partial charge in [-0.25, -0.2) is 0 Å². The lowest BCUT2D eigenvalue weighted by Gasteiger charge is -2.12. The van der Waals surface area contributed by atoms with Gasteiger partial charge in [-0.3, -0.25) is 0 Å². The smallest absolute Gasteiger partial charge is 0.172 e. The number of aliphatic hydroxyl groups excluding tert-OH is 1. The summed E-state index contributed by atoms with van der Waals surface area (Å²) in [6.07, 6.45) is -0.205. The van der Waals surface area contributed by atoms with Gasteiger partial charge in [-0.15, -0.1) is 0 Å². The second-order valence-electron chi connectivity index (χ2n) is 3.18. The summed E-state index contributed by atoms with van der Waals surface area (Å²) in [5, 5.41) is 19.1. The molecule has 0 fully saturated rings. The van der Waals surface area contributed by atoms with Crippen molar-refractivity contribution in [2.45, 2.75) is 12.5 Å². The molecule has 0 aromatic heterocycles. The number of benzene rings is 1. The monoisotopic (exact) mass is 275 g/mol. The molecule has 1 rings (SSSR count). The maximum absolute atomic E-state index is 9.68. The van der Waals surface area contributed by atoms with Crippen LogP contribution in [0.4, 0.5) is 0 Å². The van der Waals surface area contributed by atoms with E-state index < -0.39 is 6.10 Å². The maximum Gasteiger partial charge on any atom is 0.172 e. The van der Waals surface area contributed by atoms with Crippen LogP contribution in [0, 0.1) is 0 Å². The van der Waals surface area contributed by atoms with E-state index in [4.69, 9.17) is 10.5 Å². The summed E-state index contributed by atoms with van der Waals surface area (Å²) in [6, 6.07) is 3.43. The molecule has 0 amide bonds.